The lowest BCUT2D eigenvalue weighted by Gasteiger charge is -2.34. The second kappa shape index (κ2) is 15.2. The topological polar surface area (TPSA) is 86.8 Å². The third kappa shape index (κ3) is 9.42. The number of carbonyl (C=O) groups excluding carboxylic acids is 2. The molecule has 3 aromatic rings. The Kier molecular flexibility index (Phi) is 11.4. The van der Waals surface area contributed by atoms with Gasteiger partial charge >= 0.3 is 0 Å². The van der Waals surface area contributed by atoms with Gasteiger partial charge in [-0.1, -0.05) is 97.6 Å². The van der Waals surface area contributed by atoms with Crippen LogP contribution in [0.15, 0.2) is 78.9 Å². The summed E-state index contributed by atoms with van der Waals surface area (Å²) in [5.41, 5.74) is 4.48. The molecule has 0 spiro atoms. The summed E-state index contributed by atoms with van der Waals surface area (Å²) in [7, 11) is -3.55. The van der Waals surface area contributed by atoms with Crippen LogP contribution in [0.25, 0.3) is 0 Å². The molecule has 1 N–H and O–H groups in total. The summed E-state index contributed by atoms with van der Waals surface area (Å²) in [6.45, 7) is 4.36. The molecule has 0 radical (unpaired) electrons. The van der Waals surface area contributed by atoms with E-state index in [0.29, 0.717) is 25.1 Å². The van der Waals surface area contributed by atoms with Crippen molar-refractivity contribution in [2.45, 2.75) is 83.8 Å². The van der Waals surface area contributed by atoms with E-state index in [9.17, 15) is 18.0 Å². The lowest BCUT2D eigenvalue weighted by Crippen LogP contribution is -2.53. The molecule has 0 saturated heterocycles. The van der Waals surface area contributed by atoms with Crippen LogP contribution in [0.1, 0.15) is 67.2 Å². The molecule has 2 amide bonds. The summed E-state index contributed by atoms with van der Waals surface area (Å²) in [4.78, 5) is 29.7. The number of sulfonamides is 1. The molecule has 0 aromatic heterocycles. The van der Waals surface area contributed by atoms with Gasteiger partial charge in [-0.15, -0.1) is 0 Å². The van der Waals surface area contributed by atoms with E-state index in [1.165, 1.54) is 17.0 Å². The van der Waals surface area contributed by atoms with Crippen molar-refractivity contribution in [3.8, 4) is 0 Å². The predicted molar refractivity (Wildman–Crippen MR) is 173 cm³/mol. The van der Waals surface area contributed by atoms with Crippen molar-refractivity contribution in [2.24, 2.45) is 0 Å². The summed E-state index contributed by atoms with van der Waals surface area (Å²) in [5, 5.41) is 3.27. The number of amides is 2. The molecule has 0 aliphatic heterocycles. The Labute approximate surface area is 257 Å². The van der Waals surface area contributed by atoms with Gasteiger partial charge in [-0.05, 0) is 55.9 Å². The van der Waals surface area contributed by atoms with Gasteiger partial charge in [0.05, 0.1) is 11.9 Å². The highest BCUT2D eigenvalue weighted by molar-refractivity contribution is 7.92. The van der Waals surface area contributed by atoms with E-state index < -0.39 is 16.1 Å². The van der Waals surface area contributed by atoms with Crippen molar-refractivity contribution in [2.75, 3.05) is 17.1 Å². The molecular formula is C35H45N3O4S. The van der Waals surface area contributed by atoms with E-state index in [2.05, 4.69) is 5.32 Å². The minimum atomic E-state index is -3.55. The van der Waals surface area contributed by atoms with Gasteiger partial charge in [-0.25, -0.2) is 8.42 Å². The highest BCUT2D eigenvalue weighted by Crippen LogP contribution is 2.24. The molecule has 1 saturated carbocycles. The van der Waals surface area contributed by atoms with E-state index in [0.717, 1.165) is 47.9 Å². The first-order valence-corrected chi connectivity index (χ1v) is 17.2. The molecule has 230 valence electrons. The first kappa shape index (κ1) is 32.3. The second-order valence-electron chi connectivity index (χ2n) is 11.8. The van der Waals surface area contributed by atoms with Gasteiger partial charge in [-0.2, -0.15) is 0 Å². The van der Waals surface area contributed by atoms with Gasteiger partial charge in [-0.3, -0.25) is 13.9 Å². The van der Waals surface area contributed by atoms with Crippen molar-refractivity contribution in [1.29, 1.82) is 0 Å². The Bertz CT molecular complexity index is 1470. The maximum absolute atomic E-state index is 14.1. The van der Waals surface area contributed by atoms with Crippen molar-refractivity contribution in [1.82, 2.24) is 10.2 Å². The van der Waals surface area contributed by atoms with Crippen molar-refractivity contribution in [3.63, 3.8) is 0 Å². The SMILES string of the molecule is Cc1cccc(CN(C(=O)CCCN(c2ccccc2C)S(C)(=O)=O)[C@H](Cc2ccccc2)C(=O)NC2CCCCC2)c1. The zero-order valence-electron chi connectivity index (χ0n) is 25.7. The van der Waals surface area contributed by atoms with E-state index in [1.807, 2.05) is 86.6 Å². The number of anilines is 1. The van der Waals surface area contributed by atoms with Crippen LogP contribution in [0.2, 0.25) is 0 Å². The highest BCUT2D eigenvalue weighted by Gasteiger charge is 2.32. The predicted octanol–water partition coefficient (Wildman–Crippen LogP) is 5.94. The number of aryl methyl sites for hydroxylation is 2. The summed E-state index contributed by atoms with van der Waals surface area (Å²) in [5.74, 6) is -0.297. The van der Waals surface area contributed by atoms with Gasteiger partial charge in [0.15, 0.2) is 0 Å². The number of hydrogen-bond donors (Lipinski definition) is 1. The first-order chi connectivity index (χ1) is 20.6. The number of nitrogens with one attached hydrogen (secondary N) is 1. The van der Waals surface area contributed by atoms with Crippen molar-refractivity contribution in [3.05, 3.63) is 101 Å². The third-order valence-electron chi connectivity index (χ3n) is 8.19. The van der Waals surface area contributed by atoms with Crippen LogP contribution in [-0.2, 0) is 32.6 Å². The molecule has 0 bridgehead atoms. The van der Waals surface area contributed by atoms with E-state index in [4.69, 9.17) is 0 Å². The monoisotopic (exact) mass is 603 g/mol. The molecule has 8 heteroatoms. The third-order valence-corrected chi connectivity index (χ3v) is 9.37. The molecule has 0 heterocycles. The minimum Gasteiger partial charge on any atom is -0.352 e. The molecule has 1 atom stereocenters. The van der Waals surface area contributed by atoms with Gasteiger partial charge in [0.1, 0.15) is 6.04 Å². The van der Waals surface area contributed by atoms with Crippen LogP contribution in [0.4, 0.5) is 5.69 Å². The van der Waals surface area contributed by atoms with E-state index >= 15 is 0 Å². The van der Waals surface area contributed by atoms with Crippen LogP contribution in [0.5, 0.6) is 0 Å². The molecule has 1 aliphatic carbocycles. The number of benzene rings is 3. The fraction of sp³-hybridized carbons (Fsp3) is 0.429. The van der Waals surface area contributed by atoms with Crippen LogP contribution in [0.3, 0.4) is 0 Å². The molecule has 1 aliphatic rings. The summed E-state index contributed by atoms with van der Waals surface area (Å²) >= 11 is 0. The van der Waals surface area contributed by atoms with Gasteiger partial charge < -0.3 is 10.2 Å². The van der Waals surface area contributed by atoms with Crippen LogP contribution in [0, 0.1) is 13.8 Å². The fourth-order valence-corrected chi connectivity index (χ4v) is 6.95. The smallest absolute Gasteiger partial charge is 0.243 e. The molecule has 3 aromatic carbocycles. The molecule has 4 rings (SSSR count). The quantitative estimate of drug-likeness (QED) is 0.262. The number of rotatable bonds is 13. The maximum atomic E-state index is 14.1. The second-order valence-corrected chi connectivity index (χ2v) is 13.7. The Morgan fingerprint density at radius 1 is 0.884 bits per heavy atom. The average molecular weight is 604 g/mol. The van der Waals surface area contributed by atoms with Crippen molar-refractivity contribution >= 4 is 27.5 Å². The lowest BCUT2D eigenvalue weighted by atomic mass is 9.94. The Balaban J connectivity index is 1.59. The summed E-state index contributed by atoms with van der Waals surface area (Å²) < 4.78 is 26.8. The standard InChI is InChI=1S/C35H45N3O4S/c1-27-14-12-18-30(24-27)26-37(34(39)22-13-23-38(43(3,41)42)32-21-11-10-15-28(32)2)33(25-29-16-6-4-7-17-29)35(40)36-31-19-8-5-9-20-31/h4,6-7,10-12,14-18,21,24,31,33H,5,8-9,13,19-20,22-23,25-26H2,1-3H3,(H,36,40)/t33-/m1/s1. The first-order valence-electron chi connectivity index (χ1n) is 15.3. The fourth-order valence-electron chi connectivity index (χ4n) is 5.93. The lowest BCUT2D eigenvalue weighted by molar-refractivity contribution is -0.141. The Hall–Kier alpha value is -3.65. The molecular weight excluding hydrogens is 558 g/mol. The number of nitrogens with zero attached hydrogens (tertiary/aromatic N) is 2. The normalized spacial score (nSPS) is 14.6. The highest BCUT2D eigenvalue weighted by atomic mass is 32.2. The van der Waals surface area contributed by atoms with Crippen LogP contribution in [-0.4, -0.2) is 50.0 Å². The van der Waals surface area contributed by atoms with Crippen LogP contribution >= 0.6 is 0 Å². The maximum Gasteiger partial charge on any atom is 0.243 e. The van der Waals surface area contributed by atoms with Crippen molar-refractivity contribution < 1.29 is 18.0 Å². The molecule has 0 unspecified atom stereocenters. The zero-order chi connectivity index (χ0) is 30.8. The van der Waals surface area contributed by atoms with Gasteiger partial charge in [0.25, 0.3) is 0 Å². The van der Waals surface area contributed by atoms with E-state index in [-0.39, 0.29) is 30.8 Å². The summed E-state index contributed by atoms with van der Waals surface area (Å²) in [6, 6.07) is 24.6. The van der Waals surface area contributed by atoms with Crippen LogP contribution < -0.4 is 9.62 Å². The Morgan fingerprint density at radius 2 is 1.56 bits per heavy atom. The number of carbonyl (C=O) groups is 2. The molecule has 7 nitrogen and oxygen atoms in total. The number of hydrogen-bond acceptors (Lipinski definition) is 4. The molecule has 43 heavy (non-hydrogen) atoms. The van der Waals surface area contributed by atoms with Gasteiger partial charge in [0, 0.05) is 32.0 Å². The van der Waals surface area contributed by atoms with E-state index in [1.54, 1.807) is 11.0 Å². The molecule has 1 fully saturated rings. The Morgan fingerprint density at radius 3 is 2.23 bits per heavy atom. The largest absolute Gasteiger partial charge is 0.352 e. The zero-order valence-corrected chi connectivity index (χ0v) is 26.5. The number of para-hydroxylation sites is 1. The van der Waals surface area contributed by atoms with Gasteiger partial charge in [0.2, 0.25) is 21.8 Å². The summed E-state index contributed by atoms with van der Waals surface area (Å²) in [6.07, 6.45) is 7.32. The average Bonchev–Trinajstić information content (AvgIpc) is 2.98. The minimum absolute atomic E-state index is 0.117.